The molecule has 1 aromatic heterocycles. The zero-order valence-electron chi connectivity index (χ0n) is 11.4. The van der Waals surface area contributed by atoms with Crippen molar-refractivity contribution in [1.29, 1.82) is 0 Å². The van der Waals surface area contributed by atoms with Gasteiger partial charge in [-0.15, -0.1) is 0 Å². The second-order valence-corrected chi connectivity index (χ2v) is 4.70. The number of aromatic nitrogens is 2. The van der Waals surface area contributed by atoms with Crippen molar-refractivity contribution in [2.75, 3.05) is 42.3 Å². The largest absolute Gasteiger partial charge is 0.378 e. The molecular weight excluding hydrogens is 273 g/mol. The highest BCUT2D eigenvalue weighted by atomic mass is 19.1. The zero-order valence-corrected chi connectivity index (χ0v) is 11.4. The average molecular weight is 289 g/mol. The Labute approximate surface area is 121 Å². The standard InChI is InChI=1S/C14H16FN5O/c15-12-9-17-14(16)19-13(12)18-10-1-3-11(4-2-10)20-5-7-21-8-6-20/h1-4,9H,5-8H2,(H3,16,17,18,19). The van der Waals surface area contributed by atoms with Gasteiger partial charge in [0.05, 0.1) is 19.4 Å². The summed E-state index contributed by atoms with van der Waals surface area (Å²) >= 11 is 0. The lowest BCUT2D eigenvalue weighted by Crippen LogP contribution is -2.36. The molecule has 1 aliphatic heterocycles. The molecule has 2 aromatic rings. The summed E-state index contributed by atoms with van der Waals surface area (Å²) in [4.78, 5) is 9.67. The fourth-order valence-corrected chi connectivity index (χ4v) is 2.18. The Kier molecular flexibility index (Phi) is 3.83. The fourth-order valence-electron chi connectivity index (χ4n) is 2.18. The van der Waals surface area contributed by atoms with Crippen molar-refractivity contribution in [2.45, 2.75) is 0 Å². The first kappa shape index (κ1) is 13.6. The maximum absolute atomic E-state index is 13.6. The van der Waals surface area contributed by atoms with Crippen LogP contribution in [-0.4, -0.2) is 36.3 Å². The van der Waals surface area contributed by atoms with Gasteiger partial charge in [-0.1, -0.05) is 0 Å². The highest BCUT2D eigenvalue weighted by molar-refractivity contribution is 5.61. The molecule has 3 N–H and O–H groups in total. The first-order valence-electron chi connectivity index (χ1n) is 6.70. The molecule has 7 heteroatoms. The average Bonchev–Trinajstić information content (AvgIpc) is 2.53. The summed E-state index contributed by atoms with van der Waals surface area (Å²) in [6, 6.07) is 7.72. The number of ether oxygens (including phenoxy) is 1. The van der Waals surface area contributed by atoms with Crippen LogP contribution < -0.4 is 16.0 Å². The minimum absolute atomic E-state index is 0.0313. The van der Waals surface area contributed by atoms with Crippen molar-refractivity contribution in [3.05, 3.63) is 36.3 Å². The summed E-state index contributed by atoms with van der Waals surface area (Å²) in [5.74, 6) is -0.438. The van der Waals surface area contributed by atoms with Crippen LogP contribution in [0.15, 0.2) is 30.5 Å². The van der Waals surface area contributed by atoms with E-state index in [0.717, 1.165) is 43.9 Å². The number of nitrogens with one attached hydrogen (secondary N) is 1. The van der Waals surface area contributed by atoms with Gasteiger partial charge in [0.25, 0.3) is 0 Å². The molecule has 1 aromatic carbocycles. The van der Waals surface area contributed by atoms with Crippen molar-refractivity contribution in [3.8, 4) is 0 Å². The second-order valence-electron chi connectivity index (χ2n) is 4.70. The van der Waals surface area contributed by atoms with Crippen molar-refractivity contribution in [1.82, 2.24) is 9.97 Å². The van der Waals surface area contributed by atoms with Crippen LogP contribution in [-0.2, 0) is 4.74 Å². The molecule has 0 atom stereocenters. The number of morpholine rings is 1. The van der Waals surface area contributed by atoms with Crippen LogP contribution in [0.5, 0.6) is 0 Å². The Morgan fingerprint density at radius 1 is 1.19 bits per heavy atom. The second kappa shape index (κ2) is 5.92. The Morgan fingerprint density at radius 3 is 2.62 bits per heavy atom. The molecule has 0 bridgehead atoms. The molecule has 0 aliphatic carbocycles. The van der Waals surface area contributed by atoms with Crippen LogP contribution in [0.3, 0.4) is 0 Å². The number of nitrogen functional groups attached to an aromatic ring is 1. The molecule has 0 amide bonds. The number of nitrogens with two attached hydrogens (primary N) is 1. The molecule has 0 saturated carbocycles. The van der Waals surface area contributed by atoms with Crippen molar-refractivity contribution >= 4 is 23.1 Å². The molecule has 1 aliphatic rings. The van der Waals surface area contributed by atoms with Crippen molar-refractivity contribution in [2.24, 2.45) is 0 Å². The number of rotatable bonds is 3. The highest BCUT2D eigenvalue weighted by Crippen LogP contribution is 2.22. The van der Waals surface area contributed by atoms with Gasteiger partial charge in [-0.3, -0.25) is 0 Å². The molecule has 2 heterocycles. The Bertz CT molecular complexity index is 613. The summed E-state index contributed by atoms with van der Waals surface area (Å²) in [6.07, 6.45) is 1.05. The van der Waals surface area contributed by atoms with Gasteiger partial charge in [0.15, 0.2) is 11.6 Å². The quantitative estimate of drug-likeness (QED) is 0.897. The number of anilines is 4. The highest BCUT2D eigenvalue weighted by Gasteiger charge is 2.11. The van der Waals surface area contributed by atoms with Gasteiger partial charge in [-0.05, 0) is 24.3 Å². The van der Waals surface area contributed by atoms with Gasteiger partial charge in [-0.2, -0.15) is 4.98 Å². The van der Waals surface area contributed by atoms with E-state index in [2.05, 4.69) is 20.2 Å². The Hall–Kier alpha value is -2.41. The molecule has 0 radical (unpaired) electrons. The smallest absolute Gasteiger partial charge is 0.222 e. The minimum atomic E-state index is -0.540. The van der Waals surface area contributed by atoms with E-state index < -0.39 is 5.82 Å². The lowest BCUT2D eigenvalue weighted by atomic mass is 10.2. The number of hydrogen-bond donors (Lipinski definition) is 2. The van der Waals surface area contributed by atoms with Crippen LogP contribution in [0.2, 0.25) is 0 Å². The number of hydrogen-bond acceptors (Lipinski definition) is 6. The van der Waals surface area contributed by atoms with Crippen LogP contribution in [0.25, 0.3) is 0 Å². The predicted octanol–water partition coefficient (Wildman–Crippen LogP) is 1.78. The van der Waals surface area contributed by atoms with Crippen LogP contribution >= 0.6 is 0 Å². The normalized spacial score (nSPS) is 15.0. The van der Waals surface area contributed by atoms with E-state index in [0.29, 0.717) is 0 Å². The Morgan fingerprint density at radius 2 is 1.90 bits per heavy atom. The lowest BCUT2D eigenvalue weighted by Gasteiger charge is -2.28. The van der Waals surface area contributed by atoms with Crippen LogP contribution in [0.1, 0.15) is 0 Å². The topological polar surface area (TPSA) is 76.3 Å². The van der Waals surface area contributed by atoms with E-state index in [1.807, 2.05) is 24.3 Å². The van der Waals surface area contributed by atoms with Gasteiger partial charge in [-0.25, -0.2) is 9.37 Å². The molecule has 3 rings (SSSR count). The van der Waals surface area contributed by atoms with Gasteiger partial charge in [0.2, 0.25) is 5.95 Å². The molecule has 110 valence electrons. The molecule has 0 unspecified atom stereocenters. The molecule has 1 fully saturated rings. The molecular formula is C14H16FN5O. The first-order valence-corrected chi connectivity index (χ1v) is 6.70. The van der Waals surface area contributed by atoms with E-state index >= 15 is 0 Å². The summed E-state index contributed by atoms with van der Waals surface area (Å²) in [5.41, 5.74) is 7.31. The first-order chi connectivity index (χ1) is 10.2. The van der Waals surface area contributed by atoms with Gasteiger partial charge < -0.3 is 20.7 Å². The van der Waals surface area contributed by atoms with Gasteiger partial charge in [0.1, 0.15) is 0 Å². The summed E-state index contributed by atoms with van der Waals surface area (Å²) in [7, 11) is 0. The third-order valence-corrected chi connectivity index (χ3v) is 3.27. The number of halogens is 1. The van der Waals surface area contributed by atoms with Gasteiger partial charge in [0, 0.05) is 24.5 Å². The van der Waals surface area contributed by atoms with E-state index in [4.69, 9.17) is 10.5 Å². The third-order valence-electron chi connectivity index (χ3n) is 3.27. The lowest BCUT2D eigenvalue weighted by molar-refractivity contribution is 0.122. The van der Waals surface area contributed by atoms with E-state index in [-0.39, 0.29) is 11.8 Å². The molecule has 1 saturated heterocycles. The maximum Gasteiger partial charge on any atom is 0.222 e. The monoisotopic (exact) mass is 289 g/mol. The third kappa shape index (κ3) is 3.19. The van der Waals surface area contributed by atoms with E-state index in [9.17, 15) is 4.39 Å². The van der Waals surface area contributed by atoms with Crippen LogP contribution in [0, 0.1) is 5.82 Å². The summed E-state index contributed by atoms with van der Waals surface area (Å²) < 4.78 is 18.9. The fraction of sp³-hybridized carbons (Fsp3) is 0.286. The minimum Gasteiger partial charge on any atom is -0.378 e. The number of benzene rings is 1. The summed E-state index contributed by atoms with van der Waals surface area (Å²) in [6.45, 7) is 3.24. The maximum atomic E-state index is 13.6. The van der Waals surface area contributed by atoms with E-state index in [1.54, 1.807) is 0 Å². The molecule has 21 heavy (non-hydrogen) atoms. The van der Waals surface area contributed by atoms with Crippen molar-refractivity contribution < 1.29 is 9.13 Å². The van der Waals surface area contributed by atoms with Crippen molar-refractivity contribution in [3.63, 3.8) is 0 Å². The Balaban J connectivity index is 1.73. The summed E-state index contributed by atoms with van der Waals surface area (Å²) in [5, 5.41) is 2.89. The molecule has 6 nitrogen and oxygen atoms in total. The predicted molar refractivity (Wildman–Crippen MR) is 79.2 cm³/mol. The van der Waals surface area contributed by atoms with Crippen LogP contribution in [0.4, 0.5) is 27.5 Å². The number of nitrogens with zero attached hydrogens (tertiary/aromatic N) is 3. The van der Waals surface area contributed by atoms with Gasteiger partial charge >= 0.3 is 0 Å². The SMILES string of the molecule is Nc1ncc(F)c(Nc2ccc(N3CCOCC3)cc2)n1. The molecule has 0 spiro atoms. The zero-order chi connectivity index (χ0) is 14.7. The van der Waals surface area contributed by atoms with E-state index in [1.165, 1.54) is 0 Å².